The molecule has 3 rings (SSSR count). The molecule has 3 N–H and O–H groups in total. The van der Waals surface area contributed by atoms with E-state index in [-0.39, 0.29) is 12.0 Å². The number of halogens is 1. The van der Waals surface area contributed by atoms with Gasteiger partial charge in [-0.25, -0.2) is 9.37 Å². The van der Waals surface area contributed by atoms with Gasteiger partial charge < -0.3 is 6.15 Å². The summed E-state index contributed by atoms with van der Waals surface area (Å²) in [5.74, 6) is -0.343. The van der Waals surface area contributed by atoms with E-state index < -0.39 is 0 Å². The van der Waals surface area contributed by atoms with E-state index in [2.05, 4.69) is 28.8 Å². The van der Waals surface area contributed by atoms with Crippen molar-refractivity contribution in [3.05, 3.63) is 53.9 Å². The Kier molecular flexibility index (Phi) is 4.78. The number of hydrogen-bond acceptors (Lipinski definition) is 4. The first-order valence-electron chi connectivity index (χ1n) is 7.11. The van der Waals surface area contributed by atoms with Gasteiger partial charge in [0.25, 0.3) is 0 Å². The molecule has 0 unspecified atom stereocenters. The number of nitrogens with zero attached hydrogens (tertiary/aromatic N) is 3. The predicted octanol–water partition coefficient (Wildman–Crippen LogP) is 4.12. The van der Waals surface area contributed by atoms with Gasteiger partial charge in [0.05, 0.1) is 23.6 Å². The molecule has 0 radical (unpaired) electrons. The van der Waals surface area contributed by atoms with Crippen LogP contribution in [0.4, 0.5) is 4.39 Å². The molecule has 0 saturated heterocycles. The standard InChI is InChI=1S/C17H16FN3.H3N/c1-3-11-12(4-2)17(14-6-8-19-9-15(14)18)21-16-10-20-7-5-13(11)16;/h5-10H,3-4H2,1-2H3;1H3. The molecule has 0 aliphatic rings. The predicted molar refractivity (Wildman–Crippen MR) is 86.5 cm³/mol. The van der Waals surface area contributed by atoms with Crippen molar-refractivity contribution >= 4 is 10.9 Å². The van der Waals surface area contributed by atoms with Crippen LogP contribution in [0.25, 0.3) is 22.2 Å². The van der Waals surface area contributed by atoms with Crippen molar-refractivity contribution in [2.75, 3.05) is 0 Å². The first-order valence-corrected chi connectivity index (χ1v) is 7.11. The average Bonchev–Trinajstić information content (AvgIpc) is 2.53. The molecule has 0 amide bonds. The SMILES string of the molecule is CCc1c(-c2ccncc2F)nc2cnccc2c1CC.N. The number of aryl methyl sites for hydroxylation is 1. The maximum atomic E-state index is 14.1. The second-order valence-electron chi connectivity index (χ2n) is 4.87. The van der Waals surface area contributed by atoms with Gasteiger partial charge in [-0.2, -0.15) is 0 Å². The fraction of sp³-hybridized carbons (Fsp3) is 0.235. The monoisotopic (exact) mass is 298 g/mol. The molecule has 0 saturated carbocycles. The van der Waals surface area contributed by atoms with Crippen molar-refractivity contribution in [2.45, 2.75) is 26.7 Å². The van der Waals surface area contributed by atoms with Crippen LogP contribution in [0.5, 0.6) is 0 Å². The third kappa shape index (κ3) is 2.55. The summed E-state index contributed by atoms with van der Waals surface area (Å²) in [6.07, 6.45) is 8.03. The molecule has 3 aromatic heterocycles. The van der Waals surface area contributed by atoms with E-state index in [1.165, 1.54) is 11.8 Å². The number of rotatable bonds is 3. The second kappa shape index (κ2) is 6.58. The minimum atomic E-state index is -0.343. The number of aromatic nitrogens is 3. The molecule has 0 aliphatic heterocycles. The smallest absolute Gasteiger partial charge is 0.150 e. The lowest BCUT2D eigenvalue weighted by Crippen LogP contribution is -2.02. The normalized spacial score (nSPS) is 10.5. The van der Waals surface area contributed by atoms with E-state index in [4.69, 9.17) is 0 Å². The maximum absolute atomic E-state index is 14.1. The van der Waals surface area contributed by atoms with E-state index in [0.29, 0.717) is 11.3 Å². The van der Waals surface area contributed by atoms with E-state index >= 15 is 0 Å². The van der Waals surface area contributed by atoms with Gasteiger partial charge in [-0.1, -0.05) is 13.8 Å². The lowest BCUT2D eigenvalue weighted by Gasteiger charge is -2.15. The lowest BCUT2D eigenvalue weighted by atomic mass is 9.94. The van der Waals surface area contributed by atoms with Crippen molar-refractivity contribution in [3.8, 4) is 11.3 Å². The van der Waals surface area contributed by atoms with Crippen molar-refractivity contribution in [1.29, 1.82) is 0 Å². The Morgan fingerprint density at radius 3 is 2.32 bits per heavy atom. The highest BCUT2D eigenvalue weighted by atomic mass is 19.1. The molecular formula is C17H19FN4. The Morgan fingerprint density at radius 1 is 0.955 bits per heavy atom. The highest BCUT2D eigenvalue weighted by molar-refractivity contribution is 5.86. The number of pyridine rings is 3. The zero-order valence-electron chi connectivity index (χ0n) is 12.8. The average molecular weight is 298 g/mol. The molecular weight excluding hydrogens is 279 g/mol. The van der Waals surface area contributed by atoms with Crippen LogP contribution in [0.2, 0.25) is 0 Å². The molecule has 4 nitrogen and oxygen atoms in total. The van der Waals surface area contributed by atoms with Gasteiger partial charge in [0.1, 0.15) is 0 Å². The van der Waals surface area contributed by atoms with Crippen LogP contribution in [-0.4, -0.2) is 15.0 Å². The molecule has 22 heavy (non-hydrogen) atoms. The first-order chi connectivity index (χ1) is 10.3. The number of hydrogen-bond donors (Lipinski definition) is 1. The maximum Gasteiger partial charge on any atom is 0.150 e. The molecule has 0 atom stereocenters. The van der Waals surface area contributed by atoms with Gasteiger partial charge in [-0.3, -0.25) is 9.97 Å². The third-order valence-corrected chi connectivity index (χ3v) is 3.74. The zero-order chi connectivity index (χ0) is 14.8. The molecule has 0 aromatic carbocycles. The quantitative estimate of drug-likeness (QED) is 0.789. The summed E-state index contributed by atoms with van der Waals surface area (Å²) in [7, 11) is 0. The van der Waals surface area contributed by atoms with Crippen LogP contribution >= 0.6 is 0 Å². The molecule has 0 spiro atoms. The van der Waals surface area contributed by atoms with Crippen molar-refractivity contribution < 1.29 is 4.39 Å². The van der Waals surface area contributed by atoms with E-state index in [9.17, 15) is 4.39 Å². The summed E-state index contributed by atoms with van der Waals surface area (Å²) >= 11 is 0. The summed E-state index contributed by atoms with van der Waals surface area (Å²) in [6, 6.07) is 3.66. The third-order valence-electron chi connectivity index (χ3n) is 3.74. The Balaban J connectivity index is 0.00000176. The van der Waals surface area contributed by atoms with Crippen LogP contribution < -0.4 is 6.15 Å². The van der Waals surface area contributed by atoms with Gasteiger partial charge in [-0.15, -0.1) is 0 Å². The van der Waals surface area contributed by atoms with E-state index in [1.807, 2.05) is 6.07 Å². The summed E-state index contributed by atoms with van der Waals surface area (Å²) in [5.41, 5.74) is 4.33. The van der Waals surface area contributed by atoms with Gasteiger partial charge in [-0.05, 0) is 36.1 Å². The van der Waals surface area contributed by atoms with Crippen LogP contribution in [-0.2, 0) is 12.8 Å². The van der Waals surface area contributed by atoms with Gasteiger partial charge in [0.15, 0.2) is 5.82 Å². The Bertz CT molecular complexity index is 802. The zero-order valence-corrected chi connectivity index (χ0v) is 12.8. The summed E-state index contributed by atoms with van der Waals surface area (Å²) in [4.78, 5) is 12.6. The molecule has 3 aromatic rings. The molecule has 5 heteroatoms. The molecule has 3 heterocycles. The van der Waals surface area contributed by atoms with Crippen molar-refractivity contribution in [1.82, 2.24) is 21.1 Å². The highest BCUT2D eigenvalue weighted by Crippen LogP contribution is 2.31. The van der Waals surface area contributed by atoms with Crippen LogP contribution in [0.1, 0.15) is 25.0 Å². The first kappa shape index (κ1) is 16.0. The summed E-state index contributed by atoms with van der Waals surface area (Å²) in [6.45, 7) is 4.19. The van der Waals surface area contributed by atoms with Crippen LogP contribution in [0, 0.1) is 5.82 Å². The minimum absolute atomic E-state index is 0. The van der Waals surface area contributed by atoms with Crippen LogP contribution in [0.3, 0.4) is 0 Å². The van der Waals surface area contributed by atoms with Gasteiger partial charge >= 0.3 is 0 Å². The Hall–Kier alpha value is -2.40. The molecule has 0 bridgehead atoms. The number of fused-ring (bicyclic) bond motifs is 1. The topological polar surface area (TPSA) is 73.7 Å². The summed E-state index contributed by atoms with van der Waals surface area (Å²) in [5, 5.41) is 1.10. The Labute approximate surface area is 129 Å². The van der Waals surface area contributed by atoms with E-state index in [0.717, 1.165) is 29.3 Å². The van der Waals surface area contributed by atoms with Gasteiger partial charge in [0, 0.05) is 23.3 Å². The van der Waals surface area contributed by atoms with E-state index in [1.54, 1.807) is 24.7 Å². The van der Waals surface area contributed by atoms with Gasteiger partial charge in [0.2, 0.25) is 0 Å². The van der Waals surface area contributed by atoms with Crippen molar-refractivity contribution in [3.63, 3.8) is 0 Å². The highest BCUT2D eigenvalue weighted by Gasteiger charge is 2.16. The van der Waals surface area contributed by atoms with Crippen LogP contribution in [0.15, 0.2) is 36.9 Å². The molecule has 0 aliphatic carbocycles. The lowest BCUT2D eigenvalue weighted by molar-refractivity contribution is 0.624. The fourth-order valence-electron chi connectivity index (χ4n) is 2.80. The summed E-state index contributed by atoms with van der Waals surface area (Å²) < 4.78 is 14.1. The minimum Gasteiger partial charge on any atom is -0.344 e. The Morgan fingerprint density at radius 2 is 1.64 bits per heavy atom. The van der Waals surface area contributed by atoms with Crippen molar-refractivity contribution in [2.24, 2.45) is 0 Å². The fourth-order valence-corrected chi connectivity index (χ4v) is 2.80. The second-order valence-corrected chi connectivity index (χ2v) is 4.87. The molecule has 114 valence electrons. The largest absolute Gasteiger partial charge is 0.344 e. The molecule has 0 fully saturated rings.